The minimum absolute atomic E-state index is 0.318. The fourth-order valence-electron chi connectivity index (χ4n) is 2.03. The van der Waals surface area contributed by atoms with Crippen LogP contribution in [0.2, 0.25) is 0 Å². The zero-order valence-electron chi connectivity index (χ0n) is 12.6. The molecule has 5 nitrogen and oxygen atoms in total. The number of anilines is 1. The molecule has 2 N–H and O–H groups in total. The Balaban J connectivity index is 2.39. The van der Waals surface area contributed by atoms with Crippen LogP contribution in [-0.4, -0.2) is 32.4 Å². The fraction of sp³-hybridized carbons (Fsp3) is 0.188. The molecule has 0 bridgehead atoms. The first kappa shape index (κ1) is 15.6. The fourth-order valence-corrected chi connectivity index (χ4v) is 2.03. The van der Waals surface area contributed by atoms with Crippen molar-refractivity contribution in [1.82, 2.24) is 5.32 Å². The van der Waals surface area contributed by atoms with Gasteiger partial charge in [0.1, 0.15) is 11.7 Å². The van der Waals surface area contributed by atoms with Crippen LogP contribution < -0.4 is 10.6 Å². The van der Waals surface area contributed by atoms with E-state index in [0.717, 1.165) is 11.5 Å². The van der Waals surface area contributed by atoms with Gasteiger partial charge >= 0.3 is 0 Å². The second kappa shape index (κ2) is 7.31. The summed E-state index contributed by atoms with van der Waals surface area (Å²) < 4.78 is 13.9. The van der Waals surface area contributed by atoms with E-state index in [0.29, 0.717) is 23.4 Å². The molecule has 0 amide bonds. The third kappa shape index (κ3) is 3.66. The highest BCUT2D eigenvalue weighted by atomic mass is 19.1. The van der Waals surface area contributed by atoms with Gasteiger partial charge in [-0.25, -0.2) is 9.38 Å². The van der Waals surface area contributed by atoms with Gasteiger partial charge in [-0.15, -0.1) is 0 Å². The average molecular weight is 299 g/mol. The summed E-state index contributed by atoms with van der Waals surface area (Å²) in [6.45, 7) is 3.36. The highest BCUT2D eigenvalue weighted by Crippen LogP contribution is 2.24. The van der Waals surface area contributed by atoms with Crippen LogP contribution in [0.3, 0.4) is 0 Å². The molecular formula is C16H18FN5. The molecule has 1 aromatic rings. The van der Waals surface area contributed by atoms with E-state index in [-0.39, 0.29) is 5.82 Å². The summed E-state index contributed by atoms with van der Waals surface area (Å²) in [6, 6.07) is 4.97. The van der Waals surface area contributed by atoms with Crippen LogP contribution in [0, 0.1) is 5.82 Å². The number of rotatable bonds is 4. The van der Waals surface area contributed by atoms with Crippen molar-refractivity contribution in [2.45, 2.75) is 6.42 Å². The number of benzene rings is 1. The van der Waals surface area contributed by atoms with Gasteiger partial charge in [0.25, 0.3) is 0 Å². The monoisotopic (exact) mass is 299 g/mol. The Kier molecular flexibility index (Phi) is 5.19. The SMILES string of the molecule is C=N/C=C\N=C1\C=C(c2ccc(NC)c(F)c2)N=C(NC)C1. The molecule has 2 rings (SSSR count). The Bertz CT molecular complexity index is 686. The lowest BCUT2D eigenvalue weighted by Gasteiger charge is -2.15. The van der Waals surface area contributed by atoms with Crippen molar-refractivity contribution in [3.05, 3.63) is 48.1 Å². The van der Waals surface area contributed by atoms with Gasteiger partial charge in [-0.3, -0.25) is 9.98 Å². The van der Waals surface area contributed by atoms with Gasteiger partial charge in [0.05, 0.1) is 17.1 Å². The number of amidine groups is 1. The lowest BCUT2D eigenvalue weighted by Crippen LogP contribution is -2.24. The minimum Gasteiger partial charge on any atom is -0.386 e. The number of hydrogen-bond donors (Lipinski definition) is 2. The van der Waals surface area contributed by atoms with E-state index in [2.05, 4.69) is 32.3 Å². The molecule has 1 aliphatic rings. The van der Waals surface area contributed by atoms with Gasteiger partial charge in [-0.2, -0.15) is 0 Å². The van der Waals surface area contributed by atoms with Gasteiger partial charge in [0.15, 0.2) is 0 Å². The second-order valence-electron chi connectivity index (χ2n) is 4.56. The Morgan fingerprint density at radius 3 is 2.73 bits per heavy atom. The van der Waals surface area contributed by atoms with Crippen LogP contribution in [0.25, 0.3) is 5.70 Å². The first-order valence-electron chi connectivity index (χ1n) is 6.80. The van der Waals surface area contributed by atoms with Crippen molar-refractivity contribution in [1.29, 1.82) is 0 Å². The Morgan fingerprint density at radius 1 is 1.27 bits per heavy atom. The smallest absolute Gasteiger partial charge is 0.146 e. The molecule has 6 heteroatoms. The molecule has 1 heterocycles. The summed E-state index contributed by atoms with van der Waals surface area (Å²) >= 11 is 0. The molecule has 0 unspecified atom stereocenters. The summed E-state index contributed by atoms with van der Waals surface area (Å²) in [5.74, 6) is 0.455. The first-order chi connectivity index (χ1) is 10.7. The van der Waals surface area contributed by atoms with Crippen LogP contribution in [0.5, 0.6) is 0 Å². The number of hydrogen-bond acceptors (Lipinski definition) is 5. The third-order valence-corrected chi connectivity index (χ3v) is 3.14. The molecule has 1 aliphatic heterocycles. The van der Waals surface area contributed by atoms with E-state index in [1.165, 1.54) is 12.3 Å². The third-order valence-electron chi connectivity index (χ3n) is 3.14. The maximum atomic E-state index is 13.9. The van der Waals surface area contributed by atoms with E-state index >= 15 is 0 Å². The topological polar surface area (TPSA) is 61.1 Å². The average Bonchev–Trinajstić information content (AvgIpc) is 2.54. The number of nitrogens with one attached hydrogen (secondary N) is 2. The highest BCUT2D eigenvalue weighted by Gasteiger charge is 2.14. The predicted molar refractivity (Wildman–Crippen MR) is 91.2 cm³/mol. The van der Waals surface area contributed by atoms with Crippen molar-refractivity contribution < 1.29 is 4.39 Å². The maximum Gasteiger partial charge on any atom is 0.146 e. The molecule has 0 atom stereocenters. The molecule has 0 aliphatic carbocycles. The van der Waals surface area contributed by atoms with E-state index in [1.54, 1.807) is 26.4 Å². The van der Waals surface area contributed by atoms with E-state index in [4.69, 9.17) is 0 Å². The van der Waals surface area contributed by atoms with E-state index < -0.39 is 0 Å². The summed E-state index contributed by atoms with van der Waals surface area (Å²) in [5, 5.41) is 5.82. The van der Waals surface area contributed by atoms with Crippen molar-refractivity contribution in [3.63, 3.8) is 0 Å². The summed E-state index contributed by atoms with van der Waals surface area (Å²) in [7, 11) is 3.48. The summed E-state index contributed by atoms with van der Waals surface area (Å²) in [6.07, 6.45) is 5.49. The summed E-state index contributed by atoms with van der Waals surface area (Å²) in [5.41, 5.74) is 2.62. The molecule has 0 spiro atoms. The standard InChI is InChI=1S/C16H18FN5/c1-18-6-7-21-12-9-15(22-16(10-12)20-3)11-4-5-14(19-2)13(17)8-11/h4-9,19H,1,10H2,2-3H3,(H,20,22)/b7-6-,21-12-. The molecule has 114 valence electrons. The Morgan fingerprint density at radius 2 is 2.09 bits per heavy atom. The quantitative estimate of drug-likeness (QED) is 0.840. The summed E-state index contributed by atoms with van der Waals surface area (Å²) in [4.78, 5) is 12.4. The van der Waals surface area contributed by atoms with Gasteiger partial charge in [0.2, 0.25) is 0 Å². The van der Waals surface area contributed by atoms with Gasteiger partial charge in [-0.05, 0) is 24.9 Å². The Labute approximate surface area is 129 Å². The minimum atomic E-state index is -0.318. The molecule has 0 saturated heterocycles. The van der Waals surface area contributed by atoms with Crippen LogP contribution in [0.1, 0.15) is 12.0 Å². The number of aliphatic imine (C=N–C) groups is 3. The van der Waals surface area contributed by atoms with Crippen LogP contribution in [0.15, 0.2) is 51.7 Å². The van der Waals surface area contributed by atoms with E-state index in [1.807, 2.05) is 12.1 Å². The number of nitrogens with zero attached hydrogens (tertiary/aromatic N) is 3. The molecular weight excluding hydrogens is 281 g/mol. The maximum absolute atomic E-state index is 13.9. The molecule has 22 heavy (non-hydrogen) atoms. The van der Waals surface area contributed by atoms with Crippen LogP contribution in [0.4, 0.5) is 10.1 Å². The molecule has 0 aromatic heterocycles. The zero-order chi connectivity index (χ0) is 15.9. The van der Waals surface area contributed by atoms with Crippen LogP contribution >= 0.6 is 0 Å². The van der Waals surface area contributed by atoms with Crippen molar-refractivity contribution in [3.8, 4) is 0 Å². The molecule has 0 radical (unpaired) electrons. The van der Waals surface area contributed by atoms with Crippen molar-refractivity contribution in [2.24, 2.45) is 15.0 Å². The van der Waals surface area contributed by atoms with Crippen molar-refractivity contribution >= 4 is 29.6 Å². The first-order valence-corrected chi connectivity index (χ1v) is 6.80. The van der Waals surface area contributed by atoms with Gasteiger partial charge in [-0.1, -0.05) is 6.07 Å². The molecule has 0 fully saturated rings. The normalized spacial score (nSPS) is 16.4. The van der Waals surface area contributed by atoms with Crippen molar-refractivity contribution in [2.75, 3.05) is 19.4 Å². The van der Waals surface area contributed by atoms with Crippen LogP contribution in [-0.2, 0) is 0 Å². The predicted octanol–water partition coefficient (Wildman–Crippen LogP) is 2.84. The second-order valence-corrected chi connectivity index (χ2v) is 4.56. The van der Waals surface area contributed by atoms with Gasteiger partial charge < -0.3 is 10.6 Å². The Hall–Kier alpha value is -2.76. The van der Waals surface area contributed by atoms with Gasteiger partial charge in [0, 0.05) is 38.5 Å². The number of allylic oxidation sites excluding steroid dienone is 1. The lowest BCUT2D eigenvalue weighted by molar-refractivity contribution is 0.631. The largest absolute Gasteiger partial charge is 0.386 e. The highest BCUT2D eigenvalue weighted by molar-refractivity contribution is 6.15. The number of halogens is 1. The molecule has 0 saturated carbocycles. The van der Waals surface area contributed by atoms with E-state index in [9.17, 15) is 4.39 Å². The lowest BCUT2D eigenvalue weighted by atomic mass is 10.1. The molecule has 1 aromatic carbocycles. The zero-order valence-corrected chi connectivity index (χ0v) is 12.6.